The lowest BCUT2D eigenvalue weighted by molar-refractivity contribution is -0.0447. The van der Waals surface area contributed by atoms with Crippen LogP contribution in [-0.4, -0.2) is 41.3 Å². The largest absolute Gasteiger partial charge is 0.444 e. The molecule has 1 atom stereocenters. The Morgan fingerprint density at radius 2 is 2.25 bits per heavy atom. The van der Waals surface area contributed by atoms with Gasteiger partial charge in [0.1, 0.15) is 11.7 Å². The van der Waals surface area contributed by atoms with E-state index < -0.39 is 5.60 Å². The molecule has 0 unspecified atom stereocenters. The van der Waals surface area contributed by atoms with Gasteiger partial charge in [0, 0.05) is 6.54 Å². The van der Waals surface area contributed by atoms with Gasteiger partial charge in [0.05, 0.1) is 30.7 Å². The van der Waals surface area contributed by atoms with Crippen LogP contribution < -0.4 is 5.73 Å². The second-order valence-corrected chi connectivity index (χ2v) is 5.80. The number of nitrogens with zero attached hydrogens (tertiary/aromatic N) is 2. The number of anilines is 1. The number of rotatable bonds is 1. The Bertz CT molecular complexity index is 468. The summed E-state index contributed by atoms with van der Waals surface area (Å²) < 4.78 is 11.0. The molecule has 6 nitrogen and oxygen atoms in total. The number of morpholine rings is 1. The molecule has 2 rings (SSSR count). The lowest BCUT2D eigenvalue weighted by Crippen LogP contribution is -2.44. The molecule has 0 bridgehead atoms. The lowest BCUT2D eigenvalue weighted by Gasteiger charge is -2.34. The van der Waals surface area contributed by atoms with E-state index in [1.807, 2.05) is 26.8 Å². The minimum Gasteiger partial charge on any atom is -0.444 e. The first-order valence-electron chi connectivity index (χ1n) is 6.66. The van der Waals surface area contributed by atoms with E-state index in [1.165, 1.54) is 0 Å². The molecule has 1 fully saturated rings. The van der Waals surface area contributed by atoms with Crippen molar-refractivity contribution in [2.24, 2.45) is 0 Å². The zero-order valence-corrected chi connectivity index (χ0v) is 12.1. The van der Waals surface area contributed by atoms with Gasteiger partial charge in [-0.1, -0.05) is 0 Å². The van der Waals surface area contributed by atoms with Gasteiger partial charge in [0.25, 0.3) is 0 Å². The van der Waals surface area contributed by atoms with Crippen LogP contribution in [0.25, 0.3) is 0 Å². The van der Waals surface area contributed by atoms with Crippen molar-refractivity contribution in [2.45, 2.75) is 32.5 Å². The molecule has 1 saturated heterocycles. The van der Waals surface area contributed by atoms with E-state index in [4.69, 9.17) is 15.2 Å². The highest BCUT2D eigenvalue weighted by molar-refractivity contribution is 5.68. The first-order valence-corrected chi connectivity index (χ1v) is 6.66. The normalized spacial score (nSPS) is 19.8. The van der Waals surface area contributed by atoms with Gasteiger partial charge in [-0.25, -0.2) is 4.79 Å². The van der Waals surface area contributed by atoms with Gasteiger partial charge >= 0.3 is 6.09 Å². The van der Waals surface area contributed by atoms with Gasteiger partial charge in [-0.3, -0.25) is 4.98 Å². The Labute approximate surface area is 118 Å². The Morgan fingerprint density at radius 1 is 1.50 bits per heavy atom. The van der Waals surface area contributed by atoms with Crippen LogP contribution >= 0.6 is 0 Å². The molecular formula is C14H21N3O3. The monoisotopic (exact) mass is 279 g/mol. The van der Waals surface area contributed by atoms with E-state index in [2.05, 4.69) is 4.98 Å². The fourth-order valence-electron chi connectivity index (χ4n) is 1.93. The van der Waals surface area contributed by atoms with Crippen molar-refractivity contribution < 1.29 is 14.3 Å². The van der Waals surface area contributed by atoms with Crippen molar-refractivity contribution >= 4 is 11.8 Å². The van der Waals surface area contributed by atoms with Crippen LogP contribution in [0.2, 0.25) is 0 Å². The first-order chi connectivity index (χ1) is 9.35. The summed E-state index contributed by atoms with van der Waals surface area (Å²) in [5.74, 6) is 0. The molecule has 2 heterocycles. The van der Waals surface area contributed by atoms with Crippen molar-refractivity contribution in [3.05, 3.63) is 24.0 Å². The number of nitrogens with two attached hydrogens (primary N) is 1. The van der Waals surface area contributed by atoms with Gasteiger partial charge in [0.15, 0.2) is 0 Å². The van der Waals surface area contributed by atoms with E-state index in [-0.39, 0.29) is 12.2 Å². The predicted molar refractivity (Wildman–Crippen MR) is 75.1 cm³/mol. The molecule has 110 valence electrons. The van der Waals surface area contributed by atoms with Crippen molar-refractivity contribution in [3.63, 3.8) is 0 Å². The minimum absolute atomic E-state index is 0.239. The number of aromatic nitrogens is 1. The second-order valence-electron chi connectivity index (χ2n) is 5.80. The number of pyridine rings is 1. The average molecular weight is 279 g/mol. The van der Waals surface area contributed by atoms with Gasteiger partial charge in [-0.2, -0.15) is 0 Å². The molecule has 2 N–H and O–H groups in total. The van der Waals surface area contributed by atoms with Crippen LogP contribution in [-0.2, 0) is 9.47 Å². The van der Waals surface area contributed by atoms with Crippen LogP contribution in [0.3, 0.4) is 0 Å². The Kier molecular flexibility index (Phi) is 4.13. The van der Waals surface area contributed by atoms with Gasteiger partial charge < -0.3 is 20.1 Å². The third-order valence-corrected chi connectivity index (χ3v) is 2.86. The summed E-state index contributed by atoms with van der Waals surface area (Å²) in [6, 6.07) is 3.59. The number of ether oxygens (including phenoxy) is 2. The summed E-state index contributed by atoms with van der Waals surface area (Å²) in [5, 5.41) is 0. The number of amides is 1. The lowest BCUT2D eigenvalue weighted by atomic mass is 10.2. The number of nitrogen functional groups attached to an aromatic ring is 1. The Morgan fingerprint density at radius 3 is 2.85 bits per heavy atom. The van der Waals surface area contributed by atoms with Crippen LogP contribution in [0, 0.1) is 0 Å². The summed E-state index contributed by atoms with van der Waals surface area (Å²) in [6.45, 7) is 6.99. The molecule has 1 aromatic rings. The minimum atomic E-state index is -0.496. The smallest absolute Gasteiger partial charge is 0.410 e. The molecular weight excluding hydrogens is 258 g/mol. The fraction of sp³-hybridized carbons (Fsp3) is 0.571. The van der Waals surface area contributed by atoms with Crippen LogP contribution in [0.15, 0.2) is 18.3 Å². The standard InChI is InChI=1S/C14H21N3O3/c1-14(2,3)20-13(18)17-6-7-19-12(9-17)11-5-4-10(15)8-16-11/h4-5,8,12H,6-7,9,15H2,1-3H3/t12-/m0/s1. The van der Waals surface area contributed by atoms with Crippen molar-refractivity contribution in [1.82, 2.24) is 9.88 Å². The summed E-state index contributed by atoms with van der Waals surface area (Å²) in [4.78, 5) is 17.9. The first kappa shape index (κ1) is 14.6. The summed E-state index contributed by atoms with van der Waals surface area (Å²) in [7, 11) is 0. The molecule has 0 radical (unpaired) electrons. The van der Waals surface area contributed by atoms with Crippen LogP contribution in [0.4, 0.5) is 10.5 Å². The SMILES string of the molecule is CC(C)(C)OC(=O)N1CCO[C@H](c2ccc(N)cn2)C1. The molecule has 0 spiro atoms. The highest BCUT2D eigenvalue weighted by atomic mass is 16.6. The molecule has 1 amide bonds. The third-order valence-electron chi connectivity index (χ3n) is 2.86. The molecule has 0 saturated carbocycles. The number of carbonyl (C=O) groups is 1. The maximum absolute atomic E-state index is 12.1. The average Bonchev–Trinajstić information content (AvgIpc) is 2.38. The highest BCUT2D eigenvalue weighted by Crippen LogP contribution is 2.22. The van der Waals surface area contributed by atoms with Crippen molar-refractivity contribution in [2.75, 3.05) is 25.4 Å². The maximum Gasteiger partial charge on any atom is 0.410 e. The van der Waals surface area contributed by atoms with Gasteiger partial charge in [0.2, 0.25) is 0 Å². The molecule has 1 aliphatic heterocycles. The van der Waals surface area contributed by atoms with E-state index in [0.717, 1.165) is 5.69 Å². The number of hydrogen-bond donors (Lipinski definition) is 1. The van der Waals surface area contributed by atoms with Gasteiger partial charge in [-0.05, 0) is 32.9 Å². The van der Waals surface area contributed by atoms with Crippen molar-refractivity contribution in [3.8, 4) is 0 Å². The van der Waals surface area contributed by atoms with E-state index in [1.54, 1.807) is 17.2 Å². The summed E-state index contributed by atoms with van der Waals surface area (Å²) in [5.41, 5.74) is 6.49. The molecule has 1 aromatic heterocycles. The molecule has 1 aliphatic rings. The second kappa shape index (κ2) is 5.66. The van der Waals surface area contributed by atoms with E-state index in [9.17, 15) is 4.79 Å². The maximum atomic E-state index is 12.1. The zero-order valence-electron chi connectivity index (χ0n) is 12.1. The number of carbonyl (C=O) groups excluding carboxylic acids is 1. The fourth-order valence-corrected chi connectivity index (χ4v) is 1.93. The third kappa shape index (κ3) is 3.84. The number of hydrogen-bond acceptors (Lipinski definition) is 5. The predicted octanol–water partition coefficient (Wildman–Crippen LogP) is 1.97. The molecule has 6 heteroatoms. The van der Waals surface area contributed by atoms with Gasteiger partial charge in [-0.15, -0.1) is 0 Å². The zero-order chi connectivity index (χ0) is 14.8. The Balaban J connectivity index is 2.01. The van der Waals surface area contributed by atoms with E-state index in [0.29, 0.717) is 25.4 Å². The van der Waals surface area contributed by atoms with Crippen molar-refractivity contribution in [1.29, 1.82) is 0 Å². The van der Waals surface area contributed by atoms with Crippen LogP contribution in [0.5, 0.6) is 0 Å². The quantitative estimate of drug-likeness (QED) is 0.850. The summed E-state index contributed by atoms with van der Waals surface area (Å²) in [6.07, 6.45) is 1.03. The topological polar surface area (TPSA) is 77.7 Å². The van der Waals surface area contributed by atoms with E-state index >= 15 is 0 Å². The van der Waals surface area contributed by atoms with Crippen LogP contribution in [0.1, 0.15) is 32.6 Å². The Hall–Kier alpha value is -1.82. The molecule has 20 heavy (non-hydrogen) atoms. The molecule has 0 aromatic carbocycles. The highest BCUT2D eigenvalue weighted by Gasteiger charge is 2.29. The summed E-state index contributed by atoms with van der Waals surface area (Å²) >= 11 is 0. The molecule has 0 aliphatic carbocycles.